The molecule has 1 amide bonds. The lowest BCUT2D eigenvalue weighted by Gasteiger charge is -2.15. The molecule has 2 aromatic heterocycles. The van der Waals surface area contributed by atoms with Crippen LogP contribution in [0.1, 0.15) is 18.2 Å². The van der Waals surface area contributed by atoms with Crippen molar-refractivity contribution in [2.24, 2.45) is 12.1 Å². The van der Waals surface area contributed by atoms with Crippen molar-refractivity contribution in [3.05, 3.63) is 52.8 Å². The second-order valence-electron chi connectivity index (χ2n) is 6.66. The Hall–Kier alpha value is -3.30. The molecule has 10 heteroatoms. The number of hydrazone groups is 1. The van der Waals surface area contributed by atoms with E-state index in [0.717, 1.165) is 5.01 Å². The van der Waals surface area contributed by atoms with Gasteiger partial charge in [-0.15, -0.1) is 0 Å². The Bertz CT molecular complexity index is 1140. The van der Waals surface area contributed by atoms with E-state index in [-0.39, 0.29) is 31.0 Å². The van der Waals surface area contributed by atoms with Crippen LogP contribution in [0.5, 0.6) is 0 Å². The number of rotatable bonds is 5. The highest BCUT2D eigenvalue weighted by Crippen LogP contribution is 2.21. The average Bonchev–Trinajstić information content (AvgIpc) is 3.21. The number of imidazole rings is 1. The van der Waals surface area contributed by atoms with Crippen LogP contribution in [-0.2, 0) is 18.4 Å². The molecule has 0 saturated carbocycles. The van der Waals surface area contributed by atoms with Gasteiger partial charge in [0.15, 0.2) is 11.2 Å². The summed E-state index contributed by atoms with van der Waals surface area (Å²) in [6.45, 7) is -0.0891. The molecule has 4 rings (SSSR count). The van der Waals surface area contributed by atoms with E-state index in [1.165, 1.54) is 17.2 Å². The van der Waals surface area contributed by atoms with E-state index in [2.05, 4.69) is 15.1 Å². The highest BCUT2D eigenvalue weighted by molar-refractivity contribution is 6.32. The average molecular weight is 378 g/mol. The van der Waals surface area contributed by atoms with Gasteiger partial charge in [0.05, 0.1) is 31.5 Å². The first kappa shape index (κ1) is 18.1. The zero-order chi connectivity index (χ0) is 19.8. The van der Waals surface area contributed by atoms with Gasteiger partial charge in [0.2, 0.25) is 5.91 Å². The molecule has 1 aliphatic rings. The van der Waals surface area contributed by atoms with E-state index in [0.29, 0.717) is 27.9 Å². The fourth-order valence-corrected chi connectivity index (χ4v) is 3.10. The van der Waals surface area contributed by atoms with Gasteiger partial charge >= 0.3 is 0 Å². The van der Waals surface area contributed by atoms with Gasteiger partial charge in [-0.1, -0.05) is 29.7 Å². The second kappa shape index (κ2) is 7.03. The summed E-state index contributed by atoms with van der Waals surface area (Å²) in [7, 11) is 7.31. The summed E-state index contributed by atoms with van der Waals surface area (Å²) in [5.74, 6) is -0.310. The summed E-state index contributed by atoms with van der Waals surface area (Å²) in [5, 5.41) is 5.31. The van der Waals surface area contributed by atoms with Crippen molar-refractivity contribution in [2.75, 3.05) is 6.54 Å². The molecule has 1 atom stereocenters. The predicted octanol–water partition coefficient (Wildman–Crippen LogP) is 0.223. The Labute approximate surface area is 160 Å². The minimum atomic E-state index is -1.39. The normalized spacial score (nSPS) is 15.3. The van der Waals surface area contributed by atoms with Gasteiger partial charge in [-0.2, -0.15) is 5.10 Å². The maximum Gasteiger partial charge on any atom is 0.279 e. The van der Waals surface area contributed by atoms with Crippen LogP contribution in [0.2, 0.25) is 0 Å². The van der Waals surface area contributed by atoms with Crippen LogP contribution in [-0.4, -0.2) is 50.1 Å². The minimum Gasteiger partial charge on any atom is -0.328 e. The van der Waals surface area contributed by atoms with Gasteiger partial charge < -0.3 is 4.57 Å². The molecule has 3 aromatic rings. The molecule has 140 valence electrons. The number of carbonyl (C=O) groups excluding carboxylic acids is 1. The van der Waals surface area contributed by atoms with Crippen LogP contribution in [0.25, 0.3) is 11.2 Å². The maximum atomic E-state index is 14.5. The van der Waals surface area contributed by atoms with Crippen LogP contribution in [0.3, 0.4) is 0 Å². The maximum absolute atomic E-state index is 14.5. The monoisotopic (exact) mass is 378 g/mol. The molecule has 28 heavy (non-hydrogen) atoms. The second-order valence-corrected chi connectivity index (χ2v) is 6.66. The molecule has 2 radical (unpaired) electrons. The molecular weight excluding hydrogens is 362 g/mol. The number of benzene rings is 1. The van der Waals surface area contributed by atoms with Crippen molar-refractivity contribution in [1.29, 1.82) is 0 Å². The Balaban J connectivity index is 1.51. The van der Waals surface area contributed by atoms with Crippen LogP contribution in [0.15, 0.2) is 46.8 Å². The fourth-order valence-electron chi connectivity index (χ4n) is 3.10. The molecule has 8 nitrogen and oxygen atoms in total. The van der Waals surface area contributed by atoms with Crippen molar-refractivity contribution in [2.45, 2.75) is 19.1 Å². The Morgan fingerprint density at radius 3 is 2.64 bits per heavy atom. The molecule has 0 unspecified atom stereocenters. The van der Waals surface area contributed by atoms with Crippen molar-refractivity contribution in [3.8, 4) is 0 Å². The number of nitrogens with zero attached hydrogens (tertiary/aromatic N) is 6. The van der Waals surface area contributed by atoms with Crippen LogP contribution in [0, 0.1) is 0 Å². The number of alkyl halides is 1. The van der Waals surface area contributed by atoms with E-state index >= 15 is 0 Å². The van der Waals surface area contributed by atoms with E-state index in [1.807, 2.05) is 0 Å². The summed E-state index contributed by atoms with van der Waals surface area (Å²) < 4.78 is 17.5. The topological polar surface area (TPSA) is 85.4 Å². The smallest absolute Gasteiger partial charge is 0.279 e. The first-order valence-corrected chi connectivity index (χ1v) is 8.65. The number of hydrogen-bond acceptors (Lipinski definition) is 5. The first-order chi connectivity index (χ1) is 13.4. The Morgan fingerprint density at radius 2 is 1.89 bits per heavy atom. The SMILES string of the molecule is [B]c1ccc([C@@H](F)CN2N=C(Cn3cnc4ncn(C)c4c3=O)CC2=O)cc1. The van der Waals surface area contributed by atoms with Gasteiger partial charge in [0.25, 0.3) is 5.56 Å². The molecular formula is C18H16BFN6O2. The number of fused-ring (bicyclic) bond motifs is 1. The summed E-state index contributed by atoms with van der Waals surface area (Å²) in [5.41, 5.74) is 1.89. The quantitative estimate of drug-likeness (QED) is 0.595. The molecule has 3 heterocycles. The minimum absolute atomic E-state index is 0.0321. The van der Waals surface area contributed by atoms with Crippen molar-refractivity contribution >= 4 is 36.1 Å². The summed E-state index contributed by atoms with van der Waals surface area (Å²) in [6, 6.07) is 6.38. The number of hydrogen-bond donors (Lipinski definition) is 0. The van der Waals surface area contributed by atoms with Crippen molar-refractivity contribution < 1.29 is 9.18 Å². The molecule has 0 N–H and O–H groups in total. The molecule has 0 aliphatic carbocycles. The standard InChI is InChI=1S/C18H16BFN6O2/c1-24-9-21-17-16(24)18(28)25(10-22-17)7-13-6-15(27)26(23-13)8-14(20)11-2-4-12(19)5-3-11/h2-5,9-10,14H,6-8H2,1H3/t14-/m0/s1. The molecule has 0 fully saturated rings. The molecule has 0 bridgehead atoms. The first-order valence-electron chi connectivity index (χ1n) is 8.65. The third kappa shape index (κ3) is 3.33. The number of carbonyl (C=O) groups is 1. The van der Waals surface area contributed by atoms with Gasteiger partial charge in [0.1, 0.15) is 20.3 Å². The molecule has 0 spiro atoms. The highest BCUT2D eigenvalue weighted by atomic mass is 19.1. The largest absolute Gasteiger partial charge is 0.328 e. The summed E-state index contributed by atoms with van der Waals surface area (Å²) in [4.78, 5) is 33.0. The van der Waals surface area contributed by atoms with Gasteiger partial charge in [-0.05, 0) is 5.56 Å². The van der Waals surface area contributed by atoms with Crippen LogP contribution < -0.4 is 11.0 Å². The predicted molar refractivity (Wildman–Crippen MR) is 102 cm³/mol. The Kier molecular flexibility index (Phi) is 4.54. The lowest BCUT2D eigenvalue weighted by atomic mass is 9.94. The van der Waals surface area contributed by atoms with Crippen molar-refractivity contribution in [3.63, 3.8) is 0 Å². The summed E-state index contributed by atoms with van der Waals surface area (Å²) >= 11 is 0. The van der Waals surface area contributed by atoms with Gasteiger partial charge in [0, 0.05) is 7.05 Å². The summed E-state index contributed by atoms with van der Waals surface area (Å²) in [6.07, 6.45) is 1.53. The third-order valence-electron chi connectivity index (χ3n) is 4.59. The fraction of sp³-hybridized carbons (Fsp3) is 0.278. The Morgan fingerprint density at radius 1 is 1.18 bits per heavy atom. The van der Waals surface area contributed by atoms with Gasteiger partial charge in [-0.25, -0.2) is 19.4 Å². The van der Waals surface area contributed by atoms with E-state index in [4.69, 9.17) is 7.85 Å². The van der Waals surface area contributed by atoms with Crippen LogP contribution >= 0.6 is 0 Å². The number of amides is 1. The zero-order valence-corrected chi connectivity index (χ0v) is 15.1. The van der Waals surface area contributed by atoms with E-state index in [9.17, 15) is 14.0 Å². The lowest BCUT2D eigenvalue weighted by Crippen LogP contribution is -2.25. The molecule has 0 saturated heterocycles. The zero-order valence-electron chi connectivity index (χ0n) is 15.1. The van der Waals surface area contributed by atoms with Crippen LogP contribution in [0.4, 0.5) is 4.39 Å². The van der Waals surface area contributed by atoms with E-state index in [1.54, 1.807) is 35.9 Å². The number of aryl methyl sites for hydroxylation is 1. The van der Waals surface area contributed by atoms with Crippen molar-refractivity contribution in [1.82, 2.24) is 24.1 Å². The highest BCUT2D eigenvalue weighted by Gasteiger charge is 2.27. The lowest BCUT2D eigenvalue weighted by molar-refractivity contribution is -0.129. The van der Waals surface area contributed by atoms with Gasteiger partial charge in [-0.3, -0.25) is 14.2 Å². The third-order valence-corrected chi connectivity index (χ3v) is 4.59. The molecule has 1 aliphatic heterocycles. The number of aromatic nitrogens is 4. The van der Waals surface area contributed by atoms with E-state index < -0.39 is 6.17 Å². The molecule has 1 aromatic carbocycles. The number of halogens is 1.